The van der Waals surface area contributed by atoms with E-state index in [1.54, 1.807) is 12.1 Å². The first kappa shape index (κ1) is 16.6. The van der Waals surface area contributed by atoms with Gasteiger partial charge in [-0.2, -0.15) is 0 Å². The Balaban J connectivity index is 2.17. The van der Waals surface area contributed by atoms with Crippen molar-refractivity contribution in [2.24, 2.45) is 5.73 Å². The molecule has 0 bridgehead atoms. The van der Waals surface area contributed by atoms with Gasteiger partial charge in [-0.25, -0.2) is 4.39 Å². The first-order valence-corrected chi connectivity index (χ1v) is 8.17. The maximum absolute atomic E-state index is 13.8. The molecule has 1 heterocycles. The molecule has 3 nitrogen and oxygen atoms in total. The van der Waals surface area contributed by atoms with Gasteiger partial charge in [-0.1, -0.05) is 18.2 Å². The first-order valence-electron chi connectivity index (χ1n) is 7.36. The van der Waals surface area contributed by atoms with Crippen LogP contribution in [0.1, 0.15) is 25.1 Å². The SMILES string of the molecule is CC(C)N(Cc1ccc(-c2ccccc2F)s1)C(=O)CCN. The normalized spacial score (nSPS) is 11.0. The van der Waals surface area contributed by atoms with Crippen molar-refractivity contribution in [3.8, 4) is 10.4 Å². The maximum atomic E-state index is 13.8. The lowest BCUT2D eigenvalue weighted by atomic mass is 10.2. The summed E-state index contributed by atoms with van der Waals surface area (Å²) in [6, 6.07) is 10.7. The van der Waals surface area contributed by atoms with Gasteiger partial charge in [0.15, 0.2) is 0 Å². The maximum Gasteiger partial charge on any atom is 0.224 e. The van der Waals surface area contributed by atoms with Gasteiger partial charge in [0, 0.05) is 34.3 Å². The number of halogens is 1. The Bertz CT molecular complexity index is 639. The molecule has 1 aromatic heterocycles. The number of hydrogen-bond acceptors (Lipinski definition) is 3. The first-order chi connectivity index (χ1) is 10.5. The Morgan fingerprint density at radius 2 is 2.00 bits per heavy atom. The number of rotatable bonds is 6. The van der Waals surface area contributed by atoms with Crippen LogP contribution in [0.25, 0.3) is 10.4 Å². The van der Waals surface area contributed by atoms with Gasteiger partial charge < -0.3 is 10.6 Å². The van der Waals surface area contributed by atoms with Gasteiger partial charge in [0.1, 0.15) is 5.82 Å². The molecule has 0 fully saturated rings. The van der Waals surface area contributed by atoms with Crippen LogP contribution in [0.5, 0.6) is 0 Å². The fourth-order valence-corrected chi connectivity index (χ4v) is 3.30. The van der Waals surface area contributed by atoms with E-state index in [1.807, 2.05) is 36.9 Å². The fraction of sp³-hybridized carbons (Fsp3) is 0.353. The number of nitrogens with zero attached hydrogens (tertiary/aromatic N) is 1. The molecule has 5 heteroatoms. The smallest absolute Gasteiger partial charge is 0.224 e. The van der Waals surface area contributed by atoms with E-state index < -0.39 is 0 Å². The zero-order valence-corrected chi connectivity index (χ0v) is 13.7. The van der Waals surface area contributed by atoms with Crippen LogP contribution < -0.4 is 5.73 Å². The summed E-state index contributed by atoms with van der Waals surface area (Å²) < 4.78 is 13.8. The highest BCUT2D eigenvalue weighted by Crippen LogP contribution is 2.30. The summed E-state index contributed by atoms with van der Waals surface area (Å²) in [5.74, 6) is -0.172. The van der Waals surface area contributed by atoms with E-state index in [2.05, 4.69) is 0 Å². The summed E-state index contributed by atoms with van der Waals surface area (Å²) >= 11 is 1.52. The van der Waals surface area contributed by atoms with E-state index in [1.165, 1.54) is 17.4 Å². The topological polar surface area (TPSA) is 46.3 Å². The van der Waals surface area contributed by atoms with Crippen molar-refractivity contribution in [2.45, 2.75) is 32.9 Å². The number of hydrogen-bond donors (Lipinski definition) is 1. The molecular formula is C17H21FN2OS. The minimum absolute atomic E-state index is 0.0540. The van der Waals surface area contributed by atoms with Gasteiger partial charge in [-0.05, 0) is 32.0 Å². The van der Waals surface area contributed by atoms with Gasteiger partial charge in [0.05, 0.1) is 6.54 Å². The van der Waals surface area contributed by atoms with Crippen LogP contribution >= 0.6 is 11.3 Å². The number of benzene rings is 1. The molecule has 0 aliphatic heterocycles. The second-order valence-electron chi connectivity index (χ2n) is 5.40. The second-order valence-corrected chi connectivity index (χ2v) is 6.57. The summed E-state index contributed by atoms with van der Waals surface area (Å²) in [7, 11) is 0. The molecule has 0 radical (unpaired) electrons. The van der Waals surface area contributed by atoms with Crippen molar-refractivity contribution >= 4 is 17.2 Å². The fourth-order valence-electron chi connectivity index (χ4n) is 2.26. The van der Waals surface area contributed by atoms with Gasteiger partial charge in [0.2, 0.25) is 5.91 Å². The summed E-state index contributed by atoms with van der Waals surface area (Å²) in [6.45, 7) is 4.86. The van der Waals surface area contributed by atoms with Crippen molar-refractivity contribution in [3.05, 3.63) is 47.1 Å². The van der Waals surface area contributed by atoms with Crippen LogP contribution in [0, 0.1) is 5.82 Å². The van der Waals surface area contributed by atoms with Crippen LogP contribution in [-0.2, 0) is 11.3 Å². The minimum Gasteiger partial charge on any atom is -0.335 e. The number of carbonyl (C=O) groups is 1. The molecule has 2 aromatic rings. The Labute approximate surface area is 134 Å². The molecule has 0 atom stereocenters. The number of nitrogens with two attached hydrogens (primary N) is 1. The molecule has 1 aromatic carbocycles. The molecule has 22 heavy (non-hydrogen) atoms. The Hall–Kier alpha value is -1.72. The third kappa shape index (κ3) is 3.93. The predicted octanol–water partition coefficient (Wildman–Crippen LogP) is 3.64. The molecule has 118 valence electrons. The zero-order chi connectivity index (χ0) is 16.1. The monoisotopic (exact) mass is 320 g/mol. The van der Waals surface area contributed by atoms with Gasteiger partial charge in [0.25, 0.3) is 0 Å². The molecule has 2 rings (SSSR count). The van der Waals surface area contributed by atoms with Crippen molar-refractivity contribution in [2.75, 3.05) is 6.54 Å². The predicted molar refractivity (Wildman–Crippen MR) is 89.1 cm³/mol. The summed E-state index contributed by atoms with van der Waals surface area (Å²) in [5, 5.41) is 0. The molecule has 0 aliphatic rings. The average molecular weight is 320 g/mol. The highest BCUT2D eigenvalue weighted by molar-refractivity contribution is 7.15. The van der Waals surface area contributed by atoms with Crippen molar-refractivity contribution in [1.29, 1.82) is 0 Å². The molecule has 0 unspecified atom stereocenters. The lowest BCUT2D eigenvalue weighted by Crippen LogP contribution is -2.37. The molecule has 0 saturated heterocycles. The van der Waals surface area contributed by atoms with Crippen LogP contribution in [0.4, 0.5) is 4.39 Å². The average Bonchev–Trinajstić information content (AvgIpc) is 2.93. The van der Waals surface area contributed by atoms with E-state index in [0.29, 0.717) is 25.1 Å². The van der Waals surface area contributed by atoms with E-state index in [4.69, 9.17) is 5.73 Å². The van der Waals surface area contributed by atoms with Crippen molar-refractivity contribution < 1.29 is 9.18 Å². The van der Waals surface area contributed by atoms with E-state index in [-0.39, 0.29) is 17.8 Å². The lowest BCUT2D eigenvalue weighted by Gasteiger charge is -2.26. The summed E-state index contributed by atoms with van der Waals surface area (Å²) in [4.78, 5) is 15.8. The molecule has 0 aliphatic carbocycles. The minimum atomic E-state index is -0.226. The Morgan fingerprint density at radius 3 is 2.64 bits per heavy atom. The summed E-state index contributed by atoms with van der Waals surface area (Å²) in [5.41, 5.74) is 6.07. The molecule has 1 amide bonds. The quantitative estimate of drug-likeness (QED) is 0.883. The molecule has 0 saturated carbocycles. The third-order valence-corrected chi connectivity index (χ3v) is 4.53. The zero-order valence-electron chi connectivity index (χ0n) is 12.9. The highest BCUT2D eigenvalue weighted by atomic mass is 32.1. The van der Waals surface area contributed by atoms with Crippen molar-refractivity contribution in [1.82, 2.24) is 4.90 Å². The van der Waals surface area contributed by atoms with E-state index in [9.17, 15) is 9.18 Å². The summed E-state index contributed by atoms with van der Waals surface area (Å²) in [6.07, 6.45) is 0.351. The van der Waals surface area contributed by atoms with Crippen LogP contribution in [-0.4, -0.2) is 23.4 Å². The Morgan fingerprint density at radius 1 is 1.27 bits per heavy atom. The van der Waals surface area contributed by atoms with Crippen molar-refractivity contribution in [3.63, 3.8) is 0 Å². The van der Waals surface area contributed by atoms with Crippen LogP contribution in [0.15, 0.2) is 36.4 Å². The lowest BCUT2D eigenvalue weighted by molar-refractivity contribution is -0.133. The number of thiophene rings is 1. The van der Waals surface area contributed by atoms with Gasteiger partial charge in [-0.3, -0.25) is 4.79 Å². The highest BCUT2D eigenvalue weighted by Gasteiger charge is 2.18. The number of amides is 1. The molecular weight excluding hydrogens is 299 g/mol. The molecule has 2 N–H and O–H groups in total. The van der Waals surface area contributed by atoms with Crippen LogP contribution in [0.3, 0.4) is 0 Å². The third-order valence-electron chi connectivity index (χ3n) is 3.43. The van der Waals surface area contributed by atoms with Gasteiger partial charge in [-0.15, -0.1) is 11.3 Å². The molecule has 0 spiro atoms. The number of carbonyl (C=O) groups excluding carboxylic acids is 1. The van der Waals surface area contributed by atoms with Gasteiger partial charge >= 0.3 is 0 Å². The standard InChI is InChI=1S/C17H21FN2OS/c1-12(2)20(17(21)9-10-19)11-13-7-8-16(22-13)14-5-3-4-6-15(14)18/h3-8,12H,9-11,19H2,1-2H3. The second kappa shape index (κ2) is 7.51. The Kier molecular flexibility index (Phi) is 5.69. The van der Waals surface area contributed by atoms with E-state index >= 15 is 0 Å². The van der Waals surface area contributed by atoms with Crippen LogP contribution in [0.2, 0.25) is 0 Å². The largest absolute Gasteiger partial charge is 0.335 e. The van der Waals surface area contributed by atoms with E-state index in [0.717, 1.165) is 9.75 Å².